The van der Waals surface area contributed by atoms with Crippen LogP contribution in [0, 0.1) is 0 Å². The number of rotatable bonds is 4. The van der Waals surface area contributed by atoms with E-state index in [4.69, 9.17) is 9.72 Å². The minimum atomic E-state index is 0.140. The Morgan fingerprint density at radius 1 is 1.45 bits per heavy atom. The van der Waals surface area contributed by atoms with E-state index in [1.165, 1.54) is 11.3 Å². The van der Waals surface area contributed by atoms with Crippen LogP contribution < -0.4 is 10.1 Å². The molecule has 1 N–H and O–H groups in total. The lowest BCUT2D eigenvalue weighted by Gasteiger charge is -2.23. The summed E-state index contributed by atoms with van der Waals surface area (Å²) >= 11 is 0. The summed E-state index contributed by atoms with van der Waals surface area (Å²) < 4.78 is 7.71. The Balaban J connectivity index is 2.16. The van der Waals surface area contributed by atoms with Gasteiger partial charge in [0.1, 0.15) is 11.6 Å². The van der Waals surface area contributed by atoms with Crippen LogP contribution in [0.3, 0.4) is 0 Å². The number of nitrogens with zero attached hydrogens (tertiary/aromatic N) is 2. The summed E-state index contributed by atoms with van der Waals surface area (Å²) in [5.74, 6) is 2.09. The minimum Gasteiger partial charge on any atom is -0.497 e. The maximum atomic E-state index is 5.32. The molecule has 3 rings (SSSR count). The molecule has 0 bridgehead atoms. The van der Waals surface area contributed by atoms with E-state index in [0.717, 1.165) is 43.7 Å². The Morgan fingerprint density at radius 2 is 2.30 bits per heavy atom. The third kappa shape index (κ3) is 2.08. The molecule has 4 heteroatoms. The molecule has 0 aliphatic carbocycles. The number of fused-ring (bicyclic) bond motifs is 1. The Hall–Kier alpha value is -1.55. The van der Waals surface area contributed by atoms with Gasteiger partial charge in [-0.1, -0.05) is 13.8 Å². The van der Waals surface area contributed by atoms with Crippen molar-refractivity contribution in [1.29, 1.82) is 0 Å². The van der Waals surface area contributed by atoms with Gasteiger partial charge in [0.15, 0.2) is 0 Å². The normalized spacial score (nSPS) is 22.6. The number of ether oxygens (including phenoxy) is 1. The maximum absolute atomic E-state index is 5.32. The number of imidazole rings is 1. The lowest BCUT2D eigenvalue weighted by atomic mass is 9.89. The van der Waals surface area contributed by atoms with Gasteiger partial charge < -0.3 is 14.6 Å². The molecule has 0 radical (unpaired) electrons. The van der Waals surface area contributed by atoms with Crippen molar-refractivity contribution in [2.45, 2.75) is 38.6 Å². The minimum absolute atomic E-state index is 0.140. The van der Waals surface area contributed by atoms with E-state index in [1.807, 2.05) is 12.1 Å². The van der Waals surface area contributed by atoms with Gasteiger partial charge in [0, 0.05) is 24.6 Å². The number of hydrogen-bond donors (Lipinski definition) is 1. The largest absolute Gasteiger partial charge is 0.497 e. The second-order valence-corrected chi connectivity index (χ2v) is 5.93. The fourth-order valence-corrected chi connectivity index (χ4v) is 3.16. The predicted molar refractivity (Wildman–Crippen MR) is 81.4 cm³/mol. The number of nitrogens with one attached hydrogen (secondary N) is 1. The molecule has 2 aromatic rings. The average molecular weight is 273 g/mol. The Bertz CT molecular complexity index is 611. The lowest BCUT2D eigenvalue weighted by Crippen LogP contribution is -2.29. The van der Waals surface area contributed by atoms with E-state index in [2.05, 4.69) is 29.8 Å². The summed E-state index contributed by atoms with van der Waals surface area (Å²) in [4.78, 5) is 4.94. The van der Waals surface area contributed by atoms with Crippen LogP contribution in [0.2, 0.25) is 0 Å². The van der Waals surface area contributed by atoms with Crippen LogP contribution >= 0.6 is 0 Å². The van der Waals surface area contributed by atoms with Crippen LogP contribution in [0.4, 0.5) is 0 Å². The molecule has 0 amide bonds. The first kappa shape index (κ1) is 13.4. The van der Waals surface area contributed by atoms with E-state index in [0.29, 0.717) is 0 Å². The summed E-state index contributed by atoms with van der Waals surface area (Å²) in [5, 5.41) is 3.47. The third-order valence-corrected chi connectivity index (χ3v) is 4.31. The first-order valence-electron chi connectivity index (χ1n) is 7.43. The van der Waals surface area contributed by atoms with Gasteiger partial charge in [0.2, 0.25) is 0 Å². The van der Waals surface area contributed by atoms with E-state index in [1.54, 1.807) is 7.11 Å². The van der Waals surface area contributed by atoms with Gasteiger partial charge in [-0.15, -0.1) is 0 Å². The zero-order valence-corrected chi connectivity index (χ0v) is 12.6. The Morgan fingerprint density at radius 3 is 2.95 bits per heavy atom. The molecule has 20 heavy (non-hydrogen) atoms. The van der Waals surface area contributed by atoms with Gasteiger partial charge in [0.05, 0.1) is 18.1 Å². The Kier molecular flexibility index (Phi) is 3.42. The molecule has 4 nitrogen and oxygen atoms in total. The van der Waals surface area contributed by atoms with Crippen LogP contribution in [0.15, 0.2) is 18.2 Å². The van der Waals surface area contributed by atoms with E-state index in [-0.39, 0.29) is 5.41 Å². The summed E-state index contributed by atoms with van der Waals surface area (Å²) in [6.07, 6.45) is 2.27. The molecule has 1 unspecified atom stereocenters. The monoisotopic (exact) mass is 273 g/mol. The second kappa shape index (κ2) is 5.09. The molecule has 0 saturated carbocycles. The van der Waals surface area contributed by atoms with Gasteiger partial charge in [-0.05, 0) is 31.5 Å². The van der Waals surface area contributed by atoms with E-state index >= 15 is 0 Å². The molecule has 0 spiro atoms. The number of hydrogen-bond acceptors (Lipinski definition) is 3. The van der Waals surface area contributed by atoms with Crippen molar-refractivity contribution in [3.63, 3.8) is 0 Å². The highest BCUT2D eigenvalue weighted by Crippen LogP contribution is 2.33. The van der Waals surface area contributed by atoms with Crippen LogP contribution in [0.5, 0.6) is 5.75 Å². The lowest BCUT2D eigenvalue weighted by molar-refractivity contribution is 0.415. The highest BCUT2D eigenvalue weighted by Gasteiger charge is 2.35. The third-order valence-electron chi connectivity index (χ3n) is 4.31. The molecule has 1 fully saturated rings. The van der Waals surface area contributed by atoms with Crippen molar-refractivity contribution >= 4 is 11.0 Å². The van der Waals surface area contributed by atoms with Crippen molar-refractivity contribution in [3.8, 4) is 5.75 Å². The van der Waals surface area contributed by atoms with Crippen molar-refractivity contribution in [2.24, 2.45) is 0 Å². The van der Waals surface area contributed by atoms with Gasteiger partial charge in [-0.25, -0.2) is 4.98 Å². The van der Waals surface area contributed by atoms with Gasteiger partial charge >= 0.3 is 0 Å². The molecule has 1 aromatic heterocycles. The molecular weight excluding hydrogens is 250 g/mol. The zero-order valence-electron chi connectivity index (χ0n) is 12.6. The first-order chi connectivity index (χ1) is 9.68. The molecule has 2 heterocycles. The standard InChI is InChI=1S/C16H23N3O/c1-4-9-19-14-6-5-12(20-3)10-13(14)18-15(19)16(2)7-8-17-11-16/h5-6,10,17H,4,7-9,11H2,1-3H3. The van der Waals surface area contributed by atoms with Gasteiger partial charge in [0.25, 0.3) is 0 Å². The van der Waals surface area contributed by atoms with Crippen molar-refractivity contribution in [3.05, 3.63) is 24.0 Å². The Labute approximate surface area is 120 Å². The van der Waals surface area contributed by atoms with Crippen molar-refractivity contribution in [1.82, 2.24) is 14.9 Å². The van der Waals surface area contributed by atoms with Crippen LogP contribution in [-0.4, -0.2) is 29.8 Å². The molecule has 1 saturated heterocycles. The summed E-state index contributed by atoms with van der Waals surface area (Å²) in [7, 11) is 1.70. The first-order valence-corrected chi connectivity index (χ1v) is 7.43. The van der Waals surface area contributed by atoms with Crippen LogP contribution in [0.25, 0.3) is 11.0 Å². The number of aryl methyl sites for hydroxylation is 1. The number of aromatic nitrogens is 2. The SMILES string of the molecule is CCCn1c(C2(C)CCNC2)nc2cc(OC)ccc21. The smallest absolute Gasteiger partial charge is 0.121 e. The maximum Gasteiger partial charge on any atom is 0.121 e. The van der Waals surface area contributed by atoms with Crippen LogP contribution in [-0.2, 0) is 12.0 Å². The molecule has 108 valence electrons. The second-order valence-electron chi connectivity index (χ2n) is 5.93. The van der Waals surface area contributed by atoms with E-state index in [9.17, 15) is 0 Å². The number of benzene rings is 1. The molecular formula is C16H23N3O. The fraction of sp³-hybridized carbons (Fsp3) is 0.562. The van der Waals surface area contributed by atoms with Crippen molar-refractivity contribution < 1.29 is 4.74 Å². The average Bonchev–Trinajstić information content (AvgIpc) is 3.04. The predicted octanol–water partition coefficient (Wildman–Crippen LogP) is 2.71. The quantitative estimate of drug-likeness (QED) is 0.931. The fourth-order valence-electron chi connectivity index (χ4n) is 3.16. The highest BCUT2D eigenvalue weighted by molar-refractivity contribution is 5.78. The van der Waals surface area contributed by atoms with E-state index < -0.39 is 0 Å². The molecule has 1 aromatic carbocycles. The molecule has 1 aliphatic heterocycles. The van der Waals surface area contributed by atoms with Crippen molar-refractivity contribution in [2.75, 3.05) is 20.2 Å². The molecule has 1 atom stereocenters. The summed E-state index contributed by atoms with van der Waals surface area (Å²) in [6.45, 7) is 7.64. The summed E-state index contributed by atoms with van der Waals surface area (Å²) in [6, 6.07) is 6.19. The number of methoxy groups -OCH3 is 1. The van der Waals surface area contributed by atoms with Crippen LogP contribution in [0.1, 0.15) is 32.5 Å². The highest BCUT2D eigenvalue weighted by atomic mass is 16.5. The zero-order chi connectivity index (χ0) is 14.2. The summed E-state index contributed by atoms with van der Waals surface area (Å²) in [5.41, 5.74) is 2.40. The topological polar surface area (TPSA) is 39.1 Å². The van der Waals surface area contributed by atoms with Gasteiger partial charge in [-0.3, -0.25) is 0 Å². The molecule has 1 aliphatic rings. The van der Waals surface area contributed by atoms with Gasteiger partial charge in [-0.2, -0.15) is 0 Å².